The summed E-state index contributed by atoms with van der Waals surface area (Å²) in [6, 6.07) is 0. The van der Waals surface area contributed by atoms with E-state index in [9.17, 15) is 9.90 Å². The molecule has 1 unspecified atom stereocenters. The van der Waals surface area contributed by atoms with Gasteiger partial charge in [-0.3, -0.25) is 4.79 Å². The Bertz CT molecular complexity index is 387. The molecule has 6 nitrogen and oxygen atoms in total. The molecule has 2 N–H and O–H groups in total. The zero-order valence-corrected chi connectivity index (χ0v) is 10.8. The van der Waals surface area contributed by atoms with Gasteiger partial charge < -0.3 is 10.4 Å². The minimum atomic E-state index is -0.601. The summed E-state index contributed by atoms with van der Waals surface area (Å²) in [7, 11) is 0. The van der Waals surface area contributed by atoms with Crippen LogP contribution in [-0.4, -0.2) is 31.9 Å². The number of hydrogen-bond acceptors (Lipinski definition) is 4. The zero-order valence-electron chi connectivity index (χ0n) is 10.8. The molecule has 0 radical (unpaired) electrons. The SMILES string of the molecule is CCC(O)Cn1ncnc1C(C)(C)NC(C)=O. The average molecular weight is 240 g/mol. The Morgan fingerprint density at radius 2 is 2.29 bits per heavy atom. The molecule has 1 amide bonds. The Hall–Kier alpha value is -1.43. The van der Waals surface area contributed by atoms with E-state index in [-0.39, 0.29) is 5.91 Å². The van der Waals surface area contributed by atoms with Crippen LogP contribution in [-0.2, 0) is 16.9 Å². The van der Waals surface area contributed by atoms with Gasteiger partial charge in [0.05, 0.1) is 18.2 Å². The molecule has 0 saturated heterocycles. The molecule has 1 rings (SSSR count). The fraction of sp³-hybridized carbons (Fsp3) is 0.727. The summed E-state index contributed by atoms with van der Waals surface area (Å²) < 4.78 is 1.63. The number of hydrogen-bond donors (Lipinski definition) is 2. The molecule has 0 spiro atoms. The Morgan fingerprint density at radius 1 is 1.65 bits per heavy atom. The highest BCUT2D eigenvalue weighted by Crippen LogP contribution is 2.17. The highest BCUT2D eigenvalue weighted by atomic mass is 16.3. The molecule has 0 aliphatic carbocycles. The number of aliphatic hydroxyl groups excluding tert-OH is 1. The predicted octanol–water partition coefficient (Wildman–Crippen LogP) is 0.420. The second kappa shape index (κ2) is 5.27. The molecular weight excluding hydrogens is 220 g/mol. The van der Waals surface area contributed by atoms with Gasteiger partial charge in [-0.15, -0.1) is 0 Å². The highest BCUT2D eigenvalue weighted by molar-refractivity contribution is 5.73. The maximum Gasteiger partial charge on any atom is 0.217 e. The van der Waals surface area contributed by atoms with Gasteiger partial charge >= 0.3 is 0 Å². The quantitative estimate of drug-likeness (QED) is 0.781. The van der Waals surface area contributed by atoms with Crippen LogP contribution in [0.2, 0.25) is 0 Å². The summed E-state index contributed by atoms with van der Waals surface area (Å²) in [6.07, 6.45) is 1.63. The fourth-order valence-corrected chi connectivity index (χ4v) is 1.71. The standard InChI is InChI=1S/C11H20N4O2/c1-5-9(17)6-15-10(12-7-13-15)11(3,4)14-8(2)16/h7,9,17H,5-6H2,1-4H3,(H,14,16). The molecule has 17 heavy (non-hydrogen) atoms. The van der Waals surface area contributed by atoms with Crippen LogP contribution >= 0.6 is 0 Å². The van der Waals surface area contributed by atoms with Crippen LogP contribution in [0.5, 0.6) is 0 Å². The van der Waals surface area contributed by atoms with Gasteiger partial charge in [0.15, 0.2) is 5.82 Å². The van der Waals surface area contributed by atoms with Crippen molar-refractivity contribution in [2.45, 2.75) is 52.3 Å². The summed E-state index contributed by atoms with van der Waals surface area (Å²) >= 11 is 0. The van der Waals surface area contributed by atoms with Crippen LogP contribution in [0.4, 0.5) is 0 Å². The number of nitrogens with zero attached hydrogens (tertiary/aromatic N) is 3. The van der Waals surface area contributed by atoms with Crippen LogP contribution in [0.3, 0.4) is 0 Å². The maximum absolute atomic E-state index is 11.1. The van der Waals surface area contributed by atoms with Gasteiger partial charge in [-0.05, 0) is 20.3 Å². The molecule has 0 bridgehead atoms. The van der Waals surface area contributed by atoms with Gasteiger partial charge in [0.25, 0.3) is 0 Å². The molecule has 1 heterocycles. The molecule has 6 heteroatoms. The van der Waals surface area contributed by atoms with Gasteiger partial charge in [0.1, 0.15) is 6.33 Å². The molecule has 0 aromatic carbocycles. The van der Waals surface area contributed by atoms with Crippen molar-refractivity contribution in [2.24, 2.45) is 0 Å². The minimum absolute atomic E-state index is 0.124. The molecule has 1 aromatic heterocycles. The maximum atomic E-state index is 11.1. The van der Waals surface area contributed by atoms with Crippen molar-refractivity contribution in [1.29, 1.82) is 0 Å². The van der Waals surface area contributed by atoms with E-state index in [0.29, 0.717) is 18.8 Å². The Labute approximate surface area is 101 Å². The number of aromatic nitrogens is 3. The van der Waals surface area contributed by atoms with Crippen molar-refractivity contribution in [3.8, 4) is 0 Å². The number of amides is 1. The van der Waals surface area contributed by atoms with E-state index >= 15 is 0 Å². The highest BCUT2D eigenvalue weighted by Gasteiger charge is 2.27. The topological polar surface area (TPSA) is 80.0 Å². The summed E-state index contributed by atoms with van der Waals surface area (Å²) in [6.45, 7) is 7.46. The lowest BCUT2D eigenvalue weighted by Crippen LogP contribution is -2.42. The fourth-order valence-electron chi connectivity index (χ4n) is 1.71. The molecule has 0 saturated carbocycles. The lowest BCUT2D eigenvalue weighted by molar-refractivity contribution is -0.120. The first kappa shape index (κ1) is 13.6. The zero-order chi connectivity index (χ0) is 13.1. The molecule has 0 aliphatic rings. The van der Waals surface area contributed by atoms with Crippen molar-refractivity contribution in [3.63, 3.8) is 0 Å². The summed E-state index contributed by atoms with van der Waals surface area (Å²) in [5.74, 6) is 0.515. The molecular formula is C11H20N4O2. The Morgan fingerprint density at radius 3 is 2.82 bits per heavy atom. The van der Waals surface area contributed by atoms with Gasteiger partial charge in [-0.1, -0.05) is 6.92 Å². The average Bonchev–Trinajstić information content (AvgIpc) is 2.64. The summed E-state index contributed by atoms with van der Waals surface area (Å²) in [5.41, 5.74) is -0.601. The predicted molar refractivity (Wildman–Crippen MR) is 63.2 cm³/mol. The monoisotopic (exact) mass is 240 g/mol. The Kier molecular flexibility index (Phi) is 4.22. The molecule has 0 aliphatic heterocycles. The van der Waals surface area contributed by atoms with Crippen LogP contribution < -0.4 is 5.32 Å². The first-order valence-electron chi connectivity index (χ1n) is 5.72. The third kappa shape index (κ3) is 3.52. The van der Waals surface area contributed by atoms with E-state index in [1.54, 1.807) is 4.68 Å². The van der Waals surface area contributed by atoms with E-state index in [2.05, 4.69) is 15.4 Å². The van der Waals surface area contributed by atoms with Gasteiger partial charge in [0, 0.05) is 6.92 Å². The lowest BCUT2D eigenvalue weighted by atomic mass is 10.0. The summed E-state index contributed by atoms with van der Waals surface area (Å²) in [5, 5.41) is 16.5. The van der Waals surface area contributed by atoms with E-state index in [1.807, 2.05) is 20.8 Å². The van der Waals surface area contributed by atoms with E-state index in [0.717, 1.165) is 0 Å². The van der Waals surface area contributed by atoms with Crippen molar-refractivity contribution < 1.29 is 9.90 Å². The molecule has 0 fully saturated rings. The minimum Gasteiger partial charge on any atom is -0.391 e. The number of carbonyl (C=O) groups is 1. The summed E-state index contributed by atoms with van der Waals surface area (Å²) in [4.78, 5) is 15.3. The molecule has 1 atom stereocenters. The molecule has 96 valence electrons. The third-order valence-electron chi connectivity index (χ3n) is 2.52. The van der Waals surface area contributed by atoms with E-state index in [4.69, 9.17) is 0 Å². The van der Waals surface area contributed by atoms with Crippen molar-refractivity contribution in [2.75, 3.05) is 0 Å². The number of carbonyl (C=O) groups excluding carboxylic acids is 1. The smallest absolute Gasteiger partial charge is 0.217 e. The number of rotatable bonds is 5. The Balaban J connectivity index is 2.90. The van der Waals surface area contributed by atoms with Crippen LogP contribution in [0.25, 0.3) is 0 Å². The van der Waals surface area contributed by atoms with Crippen molar-refractivity contribution in [1.82, 2.24) is 20.1 Å². The van der Waals surface area contributed by atoms with Crippen LogP contribution in [0.15, 0.2) is 6.33 Å². The van der Waals surface area contributed by atoms with Crippen LogP contribution in [0.1, 0.15) is 39.9 Å². The largest absolute Gasteiger partial charge is 0.391 e. The molecule has 1 aromatic rings. The van der Waals surface area contributed by atoms with Crippen molar-refractivity contribution >= 4 is 5.91 Å². The normalized spacial score (nSPS) is 13.5. The number of nitrogens with one attached hydrogen (secondary N) is 1. The second-order valence-electron chi connectivity index (χ2n) is 4.63. The van der Waals surface area contributed by atoms with Gasteiger partial charge in [-0.25, -0.2) is 9.67 Å². The van der Waals surface area contributed by atoms with Crippen molar-refractivity contribution in [3.05, 3.63) is 12.2 Å². The second-order valence-corrected chi connectivity index (χ2v) is 4.63. The van der Waals surface area contributed by atoms with Gasteiger partial charge in [-0.2, -0.15) is 5.10 Å². The number of aliphatic hydroxyl groups is 1. The first-order chi connectivity index (χ1) is 7.86. The van der Waals surface area contributed by atoms with E-state index < -0.39 is 11.6 Å². The first-order valence-corrected chi connectivity index (χ1v) is 5.72. The van der Waals surface area contributed by atoms with Crippen LogP contribution in [0, 0.1) is 0 Å². The third-order valence-corrected chi connectivity index (χ3v) is 2.52. The van der Waals surface area contributed by atoms with E-state index in [1.165, 1.54) is 13.3 Å². The lowest BCUT2D eigenvalue weighted by Gasteiger charge is -2.25. The van der Waals surface area contributed by atoms with Gasteiger partial charge in [0.2, 0.25) is 5.91 Å².